The number of rotatable bonds is 5. The zero-order valence-corrected chi connectivity index (χ0v) is 16.0. The van der Waals surface area contributed by atoms with Gasteiger partial charge < -0.3 is 10.5 Å². The molecule has 0 fully saturated rings. The van der Waals surface area contributed by atoms with Gasteiger partial charge in [0.25, 0.3) is 0 Å². The molecule has 0 amide bonds. The Balaban J connectivity index is 2.10. The minimum Gasteiger partial charge on any atom is -0.495 e. The largest absolute Gasteiger partial charge is 0.495 e. The highest BCUT2D eigenvalue weighted by molar-refractivity contribution is 9.10. The van der Waals surface area contributed by atoms with E-state index in [9.17, 15) is 13.2 Å². The van der Waals surface area contributed by atoms with Crippen LogP contribution in [0.3, 0.4) is 0 Å². The average molecular weight is 446 g/mol. The molecule has 138 valence electrons. The summed E-state index contributed by atoms with van der Waals surface area (Å²) in [6, 6.07) is 12.1. The van der Waals surface area contributed by atoms with Crippen LogP contribution in [0.5, 0.6) is 5.75 Å². The maximum atomic E-state index is 13.1. The van der Waals surface area contributed by atoms with E-state index in [4.69, 9.17) is 10.5 Å². The lowest BCUT2D eigenvalue weighted by Gasteiger charge is -2.14. The van der Waals surface area contributed by atoms with Gasteiger partial charge in [0, 0.05) is 5.75 Å². The van der Waals surface area contributed by atoms with E-state index in [2.05, 4.69) is 26.1 Å². The number of amidine groups is 1. The first-order chi connectivity index (χ1) is 12.3. The molecule has 2 rings (SSSR count). The molecule has 0 aliphatic carbocycles. The van der Waals surface area contributed by atoms with Crippen LogP contribution < -0.4 is 10.5 Å². The molecular formula is C17H15BrF3N3OS. The molecule has 0 spiro atoms. The van der Waals surface area contributed by atoms with E-state index in [0.717, 1.165) is 11.6 Å². The third-order valence-electron chi connectivity index (χ3n) is 3.17. The van der Waals surface area contributed by atoms with Gasteiger partial charge in [-0.3, -0.25) is 0 Å². The third kappa shape index (κ3) is 5.77. The van der Waals surface area contributed by atoms with Gasteiger partial charge in [-0.1, -0.05) is 42.1 Å². The first kappa shape index (κ1) is 20.3. The van der Waals surface area contributed by atoms with E-state index in [0.29, 0.717) is 5.75 Å². The van der Waals surface area contributed by atoms with Crippen molar-refractivity contribution in [2.75, 3.05) is 7.11 Å². The molecule has 0 aliphatic heterocycles. The summed E-state index contributed by atoms with van der Waals surface area (Å²) >= 11 is 4.36. The highest BCUT2D eigenvalue weighted by atomic mass is 79.9. The second kappa shape index (κ2) is 9.09. The molecule has 0 aliphatic rings. The quantitative estimate of drug-likeness (QED) is 0.397. The summed E-state index contributed by atoms with van der Waals surface area (Å²) in [6.07, 6.45) is -3.35. The van der Waals surface area contributed by atoms with Gasteiger partial charge in [0.1, 0.15) is 5.75 Å². The Morgan fingerprint density at radius 2 is 1.96 bits per heavy atom. The van der Waals surface area contributed by atoms with Crippen molar-refractivity contribution in [2.45, 2.75) is 11.9 Å². The molecule has 4 nitrogen and oxygen atoms in total. The maximum absolute atomic E-state index is 13.1. The van der Waals surface area contributed by atoms with Crippen molar-refractivity contribution in [3.63, 3.8) is 0 Å². The van der Waals surface area contributed by atoms with Gasteiger partial charge in [0.15, 0.2) is 5.17 Å². The van der Waals surface area contributed by atoms with Crippen molar-refractivity contribution in [3.05, 3.63) is 63.6 Å². The number of nitrogens with two attached hydrogens (primary N) is 1. The lowest BCUT2D eigenvalue weighted by molar-refractivity contribution is -0.138. The molecule has 2 aromatic carbocycles. The Labute approximate surface area is 161 Å². The summed E-state index contributed by atoms with van der Waals surface area (Å²) in [5, 5.41) is 7.78. The zero-order valence-electron chi connectivity index (χ0n) is 13.6. The minimum atomic E-state index is -4.55. The lowest BCUT2D eigenvalue weighted by Crippen LogP contribution is -2.09. The van der Waals surface area contributed by atoms with E-state index < -0.39 is 11.7 Å². The molecule has 0 unspecified atom stereocenters. The second-order valence-electron chi connectivity index (χ2n) is 5.04. The number of benzene rings is 2. The molecule has 0 bridgehead atoms. The summed E-state index contributed by atoms with van der Waals surface area (Å²) < 4.78 is 44.3. The monoisotopic (exact) mass is 445 g/mol. The smallest absolute Gasteiger partial charge is 0.420 e. The molecule has 2 aromatic rings. The summed E-state index contributed by atoms with van der Waals surface area (Å²) in [4.78, 5) is 0. The topological polar surface area (TPSA) is 60.0 Å². The normalized spacial score (nSPS) is 12.6. The predicted octanol–water partition coefficient (Wildman–Crippen LogP) is 5.06. The Hall–Kier alpha value is -2.00. The first-order valence-corrected chi connectivity index (χ1v) is 9.07. The summed E-state index contributed by atoms with van der Waals surface area (Å²) in [7, 11) is 1.18. The van der Waals surface area contributed by atoms with E-state index in [1.54, 1.807) is 0 Å². The van der Waals surface area contributed by atoms with Crippen molar-refractivity contribution >= 4 is 39.1 Å². The van der Waals surface area contributed by atoms with Gasteiger partial charge in [-0.25, -0.2) is 0 Å². The fourth-order valence-electron chi connectivity index (χ4n) is 2.02. The molecule has 0 heterocycles. The van der Waals surface area contributed by atoms with E-state index in [1.165, 1.54) is 31.2 Å². The number of halogens is 4. The van der Waals surface area contributed by atoms with Crippen LogP contribution in [0.4, 0.5) is 13.2 Å². The summed E-state index contributed by atoms with van der Waals surface area (Å²) in [5.41, 5.74) is 6.15. The van der Waals surface area contributed by atoms with Crippen molar-refractivity contribution < 1.29 is 17.9 Å². The average Bonchev–Trinajstić information content (AvgIpc) is 2.59. The minimum absolute atomic E-state index is 0.173. The molecule has 0 saturated carbocycles. The highest BCUT2D eigenvalue weighted by Crippen LogP contribution is 2.40. The highest BCUT2D eigenvalue weighted by Gasteiger charge is 2.35. The molecule has 26 heavy (non-hydrogen) atoms. The van der Waals surface area contributed by atoms with Gasteiger partial charge in [0.05, 0.1) is 23.4 Å². The standard InChI is InChI=1S/C17H15BrF3N3OS/c1-25-15-13(17(19,20)21)7-12(8-14(15)18)9-23-24-16(22)26-10-11-5-3-2-4-6-11/h2-9H,10H2,1H3,(H2,22,24). The van der Waals surface area contributed by atoms with Crippen molar-refractivity contribution in [1.82, 2.24) is 0 Å². The van der Waals surface area contributed by atoms with Crippen molar-refractivity contribution in [2.24, 2.45) is 15.9 Å². The summed E-state index contributed by atoms with van der Waals surface area (Å²) in [5.74, 6) is 0.342. The van der Waals surface area contributed by atoms with Crippen LogP contribution in [0, 0.1) is 0 Å². The van der Waals surface area contributed by atoms with Crippen LogP contribution in [-0.2, 0) is 11.9 Å². The number of thioether (sulfide) groups is 1. The third-order valence-corrected chi connectivity index (χ3v) is 4.61. The van der Waals surface area contributed by atoms with E-state index in [1.807, 2.05) is 30.3 Å². The number of hydrogen-bond donors (Lipinski definition) is 1. The molecule has 9 heteroatoms. The number of hydrogen-bond acceptors (Lipinski definition) is 4. The SMILES string of the molecule is COc1c(Br)cc(C=NN=C(N)SCc2ccccc2)cc1C(F)(F)F. The van der Waals surface area contributed by atoms with E-state index in [-0.39, 0.29) is 21.0 Å². The Kier molecular flexibility index (Phi) is 7.10. The van der Waals surface area contributed by atoms with Gasteiger partial charge in [-0.15, -0.1) is 5.10 Å². The number of alkyl halides is 3. The van der Waals surface area contributed by atoms with Crippen LogP contribution >= 0.6 is 27.7 Å². The fraction of sp³-hybridized carbons (Fsp3) is 0.176. The number of ether oxygens (including phenoxy) is 1. The Morgan fingerprint density at radius 1 is 1.27 bits per heavy atom. The molecule has 0 radical (unpaired) electrons. The first-order valence-electron chi connectivity index (χ1n) is 7.29. The maximum Gasteiger partial charge on any atom is 0.420 e. The van der Waals surface area contributed by atoms with Crippen LogP contribution in [0.15, 0.2) is 57.1 Å². The van der Waals surface area contributed by atoms with Crippen molar-refractivity contribution in [3.8, 4) is 5.75 Å². The van der Waals surface area contributed by atoms with E-state index >= 15 is 0 Å². The van der Waals surface area contributed by atoms with Gasteiger partial charge in [0.2, 0.25) is 0 Å². The fourth-order valence-corrected chi connectivity index (χ4v) is 3.27. The zero-order chi connectivity index (χ0) is 19.2. The molecule has 0 aromatic heterocycles. The van der Waals surface area contributed by atoms with Crippen LogP contribution in [-0.4, -0.2) is 18.5 Å². The van der Waals surface area contributed by atoms with Gasteiger partial charge in [-0.2, -0.15) is 18.3 Å². The number of methoxy groups -OCH3 is 1. The molecule has 0 saturated heterocycles. The van der Waals surface area contributed by atoms with Crippen LogP contribution in [0.2, 0.25) is 0 Å². The second-order valence-corrected chi connectivity index (χ2v) is 6.89. The predicted molar refractivity (Wildman–Crippen MR) is 103 cm³/mol. The van der Waals surface area contributed by atoms with Crippen LogP contribution in [0.1, 0.15) is 16.7 Å². The molecular weight excluding hydrogens is 431 g/mol. The number of nitrogens with zero attached hydrogens (tertiary/aromatic N) is 2. The summed E-state index contributed by atoms with van der Waals surface area (Å²) in [6.45, 7) is 0. The molecule has 2 N–H and O–H groups in total. The van der Waals surface area contributed by atoms with Gasteiger partial charge >= 0.3 is 6.18 Å². The lowest BCUT2D eigenvalue weighted by atomic mass is 10.1. The van der Waals surface area contributed by atoms with Crippen LogP contribution in [0.25, 0.3) is 0 Å². The van der Waals surface area contributed by atoms with Crippen molar-refractivity contribution in [1.29, 1.82) is 0 Å². The van der Waals surface area contributed by atoms with Gasteiger partial charge in [-0.05, 0) is 39.2 Å². The Morgan fingerprint density at radius 3 is 2.58 bits per heavy atom. The molecule has 0 atom stereocenters. The Bertz CT molecular complexity index is 811.